The van der Waals surface area contributed by atoms with Crippen LogP contribution in [-0.2, 0) is 20.2 Å². The first-order valence-corrected chi connectivity index (χ1v) is 6.77. The van der Waals surface area contributed by atoms with Gasteiger partial charge in [-0.1, -0.05) is 0 Å². The molecule has 0 aliphatic rings. The average Bonchev–Trinajstić information content (AvgIpc) is 2.17. The van der Waals surface area contributed by atoms with Gasteiger partial charge in [-0.25, -0.2) is 0 Å². The van der Waals surface area contributed by atoms with Crippen LogP contribution in [0.1, 0.15) is 0 Å². The van der Waals surface area contributed by atoms with E-state index < -0.39 is 41.5 Å². The van der Waals surface area contributed by atoms with Crippen LogP contribution in [0.4, 0.5) is 0 Å². The molecule has 0 bridgehead atoms. The molecule has 0 saturated heterocycles. The van der Waals surface area contributed by atoms with E-state index in [1.165, 1.54) is 0 Å². The van der Waals surface area contributed by atoms with E-state index >= 15 is 0 Å². The Morgan fingerprint density at radius 1 is 1.06 bits per heavy atom. The van der Waals surface area contributed by atoms with Crippen molar-refractivity contribution >= 4 is 20.2 Å². The van der Waals surface area contributed by atoms with Crippen LogP contribution in [0.3, 0.4) is 0 Å². The lowest BCUT2D eigenvalue weighted by Gasteiger charge is -2.08. The molecule has 100 valence electrons. The van der Waals surface area contributed by atoms with Gasteiger partial charge in [-0.15, -0.1) is 4.91 Å². The van der Waals surface area contributed by atoms with E-state index in [1.54, 1.807) is 5.34 Å². The van der Waals surface area contributed by atoms with Gasteiger partial charge < -0.3 is 9.94 Å². The number of aromatic hydroxyl groups is 1. The predicted molar refractivity (Wildman–Crippen MR) is 54.2 cm³/mol. The summed E-state index contributed by atoms with van der Waals surface area (Å²) < 4.78 is 61.4. The molecule has 0 fully saturated rings. The molecule has 0 atom stereocenters. The van der Waals surface area contributed by atoms with Crippen molar-refractivity contribution in [2.24, 2.45) is 5.34 Å². The molecule has 0 aromatic heterocycles. The number of nitrogens with zero attached hydrogens (tertiary/aromatic N) is 1. The molecule has 10 nitrogen and oxygen atoms in total. The highest BCUT2D eigenvalue weighted by molar-refractivity contribution is 7.89. The Morgan fingerprint density at radius 2 is 1.61 bits per heavy atom. The number of benzene rings is 1. The second-order valence-corrected chi connectivity index (χ2v) is 5.61. The first kappa shape index (κ1) is 14.3. The zero-order valence-electron chi connectivity index (χ0n) is 8.21. The fourth-order valence-electron chi connectivity index (χ4n) is 1.11. The zero-order chi connectivity index (χ0) is 14.1. The summed E-state index contributed by atoms with van der Waals surface area (Å²) in [5.41, 5.74) is 0. The molecule has 1 rings (SSSR count). The fourth-order valence-corrected chi connectivity index (χ4v) is 3.00. The van der Waals surface area contributed by atoms with Gasteiger partial charge in [0.2, 0.25) is 5.75 Å². The van der Waals surface area contributed by atoms with Crippen LogP contribution in [-0.4, -0.2) is 31.0 Å². The van der Waals surface area contributed by atoms with E-state index in [2.05, 4.69) is 4.84 Å². The number of phenolic OH excluding ortho intramolecular Hbond substituents is 1. The molecule has 0 aliphatic carbocycles. The highest BCUT2D eigenvalue weighted by atomic mass is 32.2. The largest absolute Gasteiger partial charge is 0.504 e. The molecule has 0 aliphatic heterocycles. The van der Waals surface area contributed by atoms with E-state index in [1.807, 2.05) is 0 Å². The molecule has 0 amide bonds. The molecular formula is C6H5NO9S2. The first-order chi connectivity index (χ1) is 8.09. The molecule has 0 spiro atoms. The van der Waals surface area contributed by atoms with Crippen molar-refractivity contribution in [2.45, 2.75) is 9.79 Å². The third-order valence-corrected chi connectivity index (χ3v) is 3.67. The fraction of sp³-hybridized carbons (Fsp3) is 0. The van der Waals surface area contributed by atoms with Crippen LogP contribution in [0.2, 0.25) is 0 Å². The topological polar surface area (TPSA) is 168 Å². The summed E-state index contributed by atoms with van der Waals surface area (Å²) in [6.45, 7) is 0. The van der Waals surface area contributed by atoms with E-state index in [9.17, 15) is 26.8 Å². The minimum absolute atomic E-state index is 0.492. The maximum atomic E-state index is 11.0. The monoisotopic (exact) mass is 299 g/mol. The molecule has 1 aromatic carbocycles. The van der Waals surface area contributed by atoms with E-state index in [0.717, 1.165) is 0 Å². The van der Waals surface area contributed by atoms with Crippen molar-refractivity contribution < 1.29 is 35.9 Å². The molecule has 0 radical (unpaired) electrons. The van der Waals surface area contributed by atoms with Gasteiger partial charge in [0, 0.05) is 0 Å². The molecule has 0 unspecified atom stereocenters. The van der Waals surface area contributed by atoms with Crippen LogP contribution in [0.25, 0.3) is 0 Å². The summed E-state index contributed by atoms with van der Waals surface area (Å²) >= 11 is 0. The number of phenols is 1. The van der Waals surface area contributed by atoms with E-state index in [0.29, 0.717) is 12.1 Å². The van der Waals surface area contributed by atoms with Crippen LogP contribution >= 0.6 is 0 Å². The van der Waals surface area contributed by atoms with Gasteiger partial charge in [-0.05, 0) is 12.1 Å². The second-order valence-electron chi connectivity index (χ2n) is 2.86. The summed E-state index contributed by atoms with van der Waals surface area (Å²) in [6, 6.07) is 1.11. The molecular weight excluding hydrogens is 294 g/mol. The van der Waals surface area contributed by atoms with Crippen LogP contribution in [0.15, 0.2) is 27.3 Å². The Bertz CT molecular complexity index is 690. The Morgan fingerprint density at radius 3 is 2.00 bits per heavy atom. The highest BCUT2D eigenvalue weighted by Crippen LogP contribution is 2.38. The minimum Gasteiger partial charge on any atom is -0.504 e. The van der Waals surface area contributed by atoms with Gasteiger partial charge in [-0.2, -0.15) is 16.8 Å². The number of rotatable bonds is 4. The summed E-state index contributed by atoms with van der Waals surface area (Å²) in [5.74, 6) is -2.20. The van der Waals surface area contributed by atoms with Gasteiger partial charge in [0.25, 0.3) is 20.2 Å². The molecule has 1 aromatic rings. The molecule has 12 heteroatoms. The first-order valence-electron chi connectivity index (χ1n) is 3.89. The van der Waals surface area contributed by atoms with Crippen LogP contribution in [0.5, 0.6) is 11.5 Å². The van der Waals surface area contributed by atoms with Gasteiger partial charge in [-0.3, -0.25) is 9.11 Å². The molecule has 18 heavy (non-hydrogen) atoms. The van der Waals surface area contributed by atoms with Crippen LogP contribution < -0.4 is 4.84 Å². The maximum Gasteiger partial charge on any atom is 0.299 e. The minimum atomic E-state index is -5.22. The lowest BCUT2D eigenvalue weighted by molar-refractivity contribution is 0.299. The van der Waals surface area contributed by atoms with Gasteiger partial charge in [0.05, 0.1) is 0 Å². The van der Waals surface area contributed by atoms with Crippen molar-refractivity contribution in [3.05, 3.63) is 17.0 Å². The molecule has 0 heterocycles. The Hall–Kier alpha value is -1.76. The normalized spacial score (nSPS) is 12.1. The molecule has 3 N–H and O–H groups in total. The van der Waals surface area contributed by atoms with E-state index in [-0.39, 0.29) is 0 Å². The predicted octanol–water partition coefficient (Wildman–Crippen LogP) is -0.0542. The standard InChI is InChI=1S/C6H5NO9S2/c8-3-1-2-4(17(10,11)12)6(18(13,14)15)5(3)16-7-9/h1-2,8H,(H,10,11,12)(H,13,14,15). The summed E-state index contributed by atoms with van der Waals surface area (Å²) in [4.78, 5) is 11.0. The number of hydrogen-bond acceptors (Lipinski definition) is 8. The number of hydrogen-bond donors (Lipinski definition) is 3. The SMILES string of the molecule is O=NOc1c(O)ccc(S(=O)(=O)O)c1S(=O)(=O)O. The van der Waals surface area contributed by atoms with Crippen molar-refractivity contribution in [1.29, 1.82) is 0 Å². The quantitative estimate of drug-likeness (QED) is 0.392. The van der Waals surface area contributed by atoms with Crippen LogP contribution in [0, 0.1) is 4.91 Å². The van der Waals surface area contributed by atoms with Gasteiger partial charge >= 0.3 is 0 Å². The summed E-state index contributed by atoms with van der Waals surface area (Å²) in [6.07, 6.45) is 0. The van der Waals surface area contributed by atoms with Gasteiger partial charge in [0.1, 0.15) is 4.90 Å². The van der Waals surface area contributed by atoms with Gasteiger partial charge in [0.15, 0.2) is 16.0 Å². The van der Waals surface area contributed by atoms with Crippen molar-refractivity contribution in [3.8, 4) is 11.5 Å². The van der Waals surface area contributed by atoms with Crippen molar-refractivity contribution in [2.75, 3.05) is 0 Å². The maximum absolute atomic E-state index is 11.0. The Kier molecular flexibility index (Phi) is 3.57. The summed E-state index contributed by atoms with van der Waals surface area (Å²) in [5, 5.41) is 11.0. The van der Waals surface area contributed by atoms with Crippen molar-refractivity contribution in [1.82, 2.24) is 0 Å². The third-order valence-electron chi connectivity index (χ3n) is 1.72. The average molecular weight is 299 g/mol. The lowest BCUT2D eigenvalue weighted by atomic mass is 10.3. The second kappa shape index (κ2) is 4.49. The van der Waals surface area contributed by atoms with Crippen molar-refractivity contribution in [3.63, 3.8) is 0 Å². The molecule has 0 saturated carbocycles. The zero-order valence-corrected chi connectivity index (χ0v) is 9.84. The highest BCUT2D eigenvalue weighted by Gasteiger charge is 2.31. The third kappa shape index (κ3) is 2.73. The Balaban J connectivity index is 3.89. The van der Waals surface area contributed by atoms with E-state index in [4.69, 9.17) is 9.11 Å². The summed E-state index contributed by atoms with van der Waals surface area (Å²) in [7, 11) is -10.3. The Labute approximate surface area is 100 Å². The lowest BCUT2D eigenvalue weighted by Crippen LogP contribution is -2.10. The smallest absolute Gasteiger partial charge is 0.299 e.